The van der Waals surface area contributed by atoms with Gasteiger partial charge < -0.3 is 19.2 Å². The maximum Gasteiger partial charge on any atom is 0.340 e. The number of H-pyrrole nitrogens is 1. The molecular formula is C21H21N3O7. The average molecular weight is 427 g/mol. The third-order valence-corrected chi connectivity index (χ3v) is 4.54. The molecule has 1 aromatic heterocycles. The Kier molecular flexibility index (Phi) is 7.15. The highest BCUT2D eigenvalue weighted by Gasteiger charge is 2.26. The lowest BCUT2D eigenvalue weighted by Crippen LogP contribution is -2.08. The largest absolute Gasteiger partial charge is 0.493 e. The second-order valence-corrected chi connectivity index (χ2v) is 6.37. The van der Waals surface area contributed by atoms with E-state index in [1.807, 2.05) is 0 Å². The van der Waals surface area contributed by atoms with Gasteiger partial charge in [-0.15, -0.1) is 0 Å². The number of nitrogens with one attached hydrogen (secondary N) is 1. The van der Waals surface area contributed by atoms with Gasteiger partial charge in [-0.3, -0.25) is 14.9 Å². The van der Waals surface area contributed by atoms with Crippen molar-refractivity contribution < 1.29 is 28.7 Å². The Morgan fingerprint density at radius 2 is 1.84 bits per heavy atom. The van der Waals surface area contributed by atoms with Crippen molar-refractivity contribution in [1.82, 2.24) is 4.98 Å². The summed E-state index contributed by atoms with van der Waals surface area (Å²) in [6.45, 7) is 4.98. The maximum atomic E-state index is 13.0. The molecule has 0 bridgehead atoms. The van der Waals surface area contributed by atoms with Crippen LogP contribution in [0.4, 0.5) is 5.69 Å². The van der Waals surface area contributed by atoms with Gasteiger partial charge in [0.25, 0.3) is 5.69 Å². The number of nitro benzene ring substituents is 1. The fraction of sp³-hybridized carbons (Fsp3) is 0.286. The van der Waals surface area contributed by atoms with E-state index in [2.05, 4.69) is 4.98 Å². The van der Waals surface area contributed by atoms with Crippen molar-refractivity contribution >= 4 is 23.5 Å². The van der Waals surface area contributed by atoms with E-state index < -0.39 is 16.7 Å². The van der Waals surface area contributed by atoms with Crippen molar-refractivity contribution in [3.8, 4) is 17.6 Å². The van der Waals surface area contributed by atoms with Gasteiger partial charge in [-0.25, -0.2) is 4.79 Å². The zero-order valence-electron chi connectivity index (χ0n) is 17.7. The van der Waals surface area contributed by atoms with Crippen LogP contribution in [0.25, 0.3) is 6.08 Å². The zero-order chi connectivity index (χ0) is 23.3. The molecule has 10 heteroatoms. The summed E-state index contributed by atoms with van der Waals surface area (Å²) in [6, 6.07) is 4.22. The number of ether oxygens (including phenoxy) is 3. The molecule has 162 valence electrons. The summed E-state index contributed by atoms with van der Waals surface area (Å²) in [5, 5.41) is 21.1. The summed E-state index contributed by atoms with van der Waals surface area (Å²) in [5.41, 5.74) is 0.215. The topological polar surface area (TPSA) is 145 Å². The molecule has 0 saturated carbocycles. The number of hydrogen-bond acceptors (Lipinski definition) is 8. The number of aromatic amines is 1. The van der Waals surface area contributed by atoms with Crippen molar-refractivity contribution in [2.45, 2.75) is 20.8 Å². The number of nitrogens with zero attached hydrogens (tertiary/aromatic N) is 2. The van der Waals surface area contributed by atoms with Crippen LogP contribution in [0.3, 0.4) is 0 Å². The van der Waals surface area contributed by atoms with E-state index in [4.69, 9.17) is 14.2 Å². The lowest BCUT2D eigenvalue weighted by molar-refractivity contribution is -0.385. The number of benzene rings is 1. The molecule has 1 heterocycles. The minimum Gasteiger partial charge on any atom is -0.493 e. The molecule has 0 radical (unpaired) electrons. The van der Waals surface area contributed by atoms with Gasteiger partial charge in [0.15, 0.2) is 11.5 Å². The minimum atomic E-state index is -0.720. The highest BCUT2D eigenvalue weighted by atomic mass is 16.6. The lowest BCUT2D eigenvalue weighted by atomic mass is 10.0. The number of rotatable bonds is 8. The van der Waals surface area contributed by atoms with Crippen molar-refractivity contribution in [3.63, 3.8) is 0 Å². The van der Waals surface area contributed by atoms with Gasteiger partial charge in [0.1, 0.15) is 11.6 Å². The summed E-state index contributed by atoms with van der Waals surface area (Å²) in [4.78, 5) is 38.8. The average Bonchev–Trinajstić information content (AvgIpc) is 3.04. The van der Waals surface area contributed by atoms with Crippen LogP contribution in [-0.2, 0) is 4.74 Å². The number of aromatic nitrogens is 1. The molecule has 0 amide bonds. The monoisotopic (exact) mass is 427 g/mol. The number of nitro groups is 1. The number of ketones is 1. The molecule has 31 heavy (non-hydrogen) atoms. The van der Waals surface area contributed by atoms with Gasteiger partial charge in [0.05, 0.1) is 48.6 Å². The Labute approximate surface area is 178 Å². The van der Waals surface area contributed by atoms with E-state index in [0.29, 0.717) is 11.3 Å². The highest BCUT2D eigenvalue weighted by molar-refractivity contribution is 6.15. The summed E-state index contributed by atoms with van der Waals surface area (Å²) < 4.78 is 15.2. The van der Waals surface area contributed by atoms with E-state index in [-0.39, 0.29) is 46.2 Å². The fourth-order valence-corrected chi connectivity index (χ4v) is 3.08. The van der Waals surface area contributed by atoms with Crippen LogP contribution in [-0.4, -0.2) is 42.5 Å². The highest BCUT2D eigenvalue weighted by Crippen LogP contribution is 2.36. The molecule has 0 saturated heterocycles. The summed E-state index contributed by atoms with van der Waals surface area (Å²) in [5.74, 6) is -0.986. The number of allylic oxidation sites excluding steroid dienone is 1. The third-order valence-electron chi connectivity index (χ3n) is 4.54. The Hall–Kier alpha value is -4.13. The van der Waals surface area contributed by atoms with Crippen LogP contribution in [0.5, 0.6) is 11.5 Å². The molecule has 1 N–H and O–H groups in total. The van der Waals surface area contributed by atoms with Gasteiger partial charge in [0.2, 0.25) is 5.78 Å². The van der Waals surface area contributed by atoms with Gasteiger partial charge in [-0.2, -0.15) is 5.26 Å². The van der Waals surface area contributed by atoms with E-state index >= 15 is 0 Å². The quantitative estimate of drug-likeness (QED) is 0.168. The molecule has 2 aromatic rings. The van der Waals surface area contributed by atoms with Crippen LogP contribution in [0.2, 0.25) is 0 Å². The van der Waals surface area contributed by atoms with Crippen molar-refractivity contribution in [2.24, 2.45) is 0 Å². The van der Waals surface area contributed by atoms with Gasteiger partial charge in [-0.1, -0.05) is 0 Å². The first-order chi connectivity index (χ1) is 14.7. The number of esters is 1. The van der Waals surface area contributed by atoms with Crippen molar-refractivity contribution in [1.29, 1.82) is 5.26 Å². The zero-order valence-corrected chi connectivity index (χ0v) is 17.7. The predicted molar refractivity (Wildman–Crippen MR) is 110 cm³/mol. The number of Topliss-reactive ketones (excluding diaryl/α,β-unsaturated/α-hetero) is 1. The molecule has 0 aliphatic carbocycles. The number of methoxy groups -OCH3 is 2. The molecule has 0 aliphatic heterocycles. The number of carbonyl (C=O) groups is 2. The van der Waals surface area contributed by atoms with Crippen LogP contribution in [0.15, 0.2) is 17.7 Å². The lowest BCUT2D eigenvalue weighted by Gasteiger charge is -2.09. The van der Waals surface area contributed by atoms with Crippen molar-refractivity contribution in [2.75, 3.05) is 20.8 Å². The smallest absolute Gasteiger partial charge is 0.340 e. The van der Waals surface area contributed by atoms with Crippen LogP contribution in [0.1, 0.15) is 44.6 Å². The van der Waals surface area contributed by atoms with Gasteiger partial charge in [0, 0.05) is 5.69 Å². The number of nitriles is 1. The Balaban J connectivity index is 2.61. The van der Waals surface area contributed by atoms with Crippen LogP contribution in [0, 0.1) is 35.3 Å². The molecular weight excluding hydrogens is 406 g/mol. The Morgan fingerprint density at radius 3 is 2.35 bits per heavy atom. The Bertz CT molecular complexity index is 1120. The first kappa shape index (κ1) is 23.2. The predicted octanol–water partition coefficient (Wildman–Crippen LogP) is 3.52. The van der Waals surface area contributed by atoms with Crippen LogP contribution >= 0.6 is 0 Å². The summed E-state index contributed by atoms with van der Waals surface area (Å²) in [6.07, 6.45) is 1.10. The first-order valence-corrected chi connectivity index (χ1v) is 9.13. The van der Waals surface area contributed by atoms with E-state index in [0.717, 1.165) is 12.1 Å². The first-order valence-electron chi connectivity index (χ1n) is 9.13. The van der Waals surface area contributed by atoms with Gasteiger partial charge >= 0.3 is 5.97 Å². The molecule has 0 fully saturated rings. The van der Waals surface area contributed by atoms with Crippen molar-refractivity contribution in [3.05, 3.63) is 55.9 Å². The number of carbonyl (C=O) groups excluding carboxylic acids is 2. The standard InChI is InChI=1S/C21H21N3O7/c1-6-31-21(26)18-11(2)19(23-12(18)3)20(25)14(10-22)7-13-8-16(29-4)17(30-5)9-15(13)24(27)28/h7-9,23H,6H2,1-5H3/b14-7+. The third kappa shape index (κ3) is 4.56. The van der Waals surface area contributed by atoms with Crippen LogP contribution < -0.4 is 9.47 Å². The fourth-order valence-electron chi connectivity index (χ4n) is 3.08. The molecule has 0 spiro atoms. The van der Waals surface area contributed by atoms with E-state index in [1.165, 1.54) is 20.3 Å². The molecule has 0 atom stereocenters. The number of aryl methyl sites for hydroxylation is 1. The summed E-state index contributed by atoms with van der Waals surface area (Å²) in [7, 11) is 2.69. The summed E-state index contributed by atoms with van der Waals surface area (Å²) >= 11 is 0. The molecule has 2 rings (SSSR count). The SMILES string of the molecule is CCOC(=O)c1c(C)[nH]c(C(=O)/C(C#N)=C/c2cc(OC)c(OC)cc2[N+](=O)[O-])c1C. The second kappa shape index (κ2) is 9.58. The maximum absolute atomic E-state index is 13.0. The van der Waals surface area contributed by atoms with Gasteiger partial charge in [-0.05, 0) is 38.5 Å². The molecule has 0 aliphatic rings. The molecule has 0 unspecified atom stereocenters. The molecule has 10 nitrogen and oxygen atoms in total. The Morgan fingerprint density at radius 1 is 1.23 bits per heavy atom. The van der Waals surface area contributed by atoms with E-state index in [1.54, 1.807) is 26.8 Å². The van der Waals surface area contributed by atoms with E-state index in [9.17, 15) is 25.0 Å². The second-order valence-electron chi connectivity index (χ2n) is 6.37. The minimum absolute atomic E-state index is 0.0147. The number of hydrogen-bond donors (Lipinski definition) is 1. The molecule has 1 aromatic carbocycles. The normalized spacial score (nSPS) is 10.9.